The molecule has 0 aliphatic heterocycles. The van der Waals surface area contributed by atoms with E-state index in [-0.39, 0.29) is 0 Å². The molecule has 0 saturated carbocycles. The Kier molecular flexibility index (Phi) is 2.76. The van der Waals surface area contributed by atoms with E-state index >= 15 is 0 Å². The van der Waals surface area contributed by atoms with Crippen LogP contribution in [0.5, 0.6) is 0 Å². The lowest BCUT2D eigenvalue weighted by Gasteiger charge is -2.15. The first-order valence-electron chi connectivity index (χ1n) is 5.52. The lowest BCUT2D eigenvalue weighted by molar-refractivity contribution is 0.0982. The van der Waals surface area contributed by atoms with Gasteiger partial charge in [0.15, 0.2) is 5.78 Å². The van der Waals surface area contributed by atoms with E-state index in [2.05, 4.69) is 11.0 Å². The molecule has 0 bridgehead atoms. The Morgan fingerprint density at radius 3 is 2.60 bits per heavy atom. The molecule has 0 radical (unpaired) electrons. The van der Waals surface area contributed by atoms with Gasteiger partial charge in [0.1, 0.15) is 0 Å². The Bertz CT molecular complexity index is 382. The van der Waals surface area contributed by atoms with Crippen LogP contribution in [-0.4, -0.2) is 19.9 Å². The maximum atomic E-state index is 11.8. The molecule has 0 fully saturated rings. The van der Waals surface area contributed by atoms with Crippen molar-refractivity contribution in [3.63, 3.8) is 0 Å². The topological polar surface area (TPSA) is 20.3 Å². The summed E-state index contributed by atoms with van der Waals surface area (Å²) in [6.07, 6.45) is 3.93. The molecule has 0 saturated heterocycles. The van der Waals surface area contributed by atoms with Crippen LogP contribution in [0.25, 0.3) is 0 Å². The van der Waals surface area contributed by atoms with Crippen LogP contribution in [0.4, 0.5) is 5.69 Å². The van der Waals surface area contributed by atoms with Crippen molar-refractivity contribution in [1.29, 1.82) is 0 Å². The molecule has 2 heteroatoms. The standard InChI is InChI=1S/C13H17NO/c1-14(2)11-7-8-12-10(9-11)5-3-4-6-13(12)15/h7-9H,3-6H2,1-2H3. The lowest BCUT2D eigenvalue weighted by Crippen LogP contribution is -2.10. The highest BCUT2D eigenvalue weighted by molar-refractivity contribution is 5.98. The van der Waals surface area contributed by atoms with Gasteiger partial charge < -0.3 is 4.90 Å². The second-order valence-electron chi connectivity index (χ2n) is 4.37. The number of carbonyl (C=O) groups excluding carboxylic acids is 1. The van der Waals surface area contributed by atoms with Crippen molar-refractivity contribution in [2.75, 3.05) is 19.0 Å². The molecule has 1 aliphatic carbocycles. The van der Waals surface area contributed by atoms with Gasteiger partial charge in [-0.1, -0.05) is 0 Å². The average Bonchev–Trinajstić information content (AvgIpc) is 2.40. The van der Waals surface area contributed by atoms with Crippen LogP contribution < -0.4 is 4.90 Å². The number of anilines is 1. The Labute approximate surface area is 90.9 Å². The normalized spacial score (nSPS) is 15.7. The molecule has 2 nitrogen and oxygen atoms in total. The molecule has 0 spiro atoms. The highest BCUT2D eigenvalue weighted by Gasteiger charge is 2.15. The van der Waals surface area contributed by atoms with Crippen molar-refractivity contribution < 1.29 is 4.79 Å². The zero-order chi connectivity index (χ0) is 10.8. The van der Waals surface area contributed by atoms with Gasteiger partial charge >= 0.3 is 0 Å². The zero-order valence-corrected chi connectivity index (χ0v) is 9.42. The van der Waals surface area contributed by atoms with Crippen LogP contribution in [-0.2, 0) is 6.42 Å². The van der Waals surface area contributed by atoms with Gasteiger partial charge in [-0.2, -0.15) is 0 Å². The van der Waals surface area contributed by atoms with Crippen LogP contribution in [0.15, 0.2) is 18.2 Å². The van der Waals surface area contributed by atoms with Crippen molar-refractivity contribution in [3.05, 3.63) is 29.3 Å². The van der Waals surface area contributed by atoms with E-state index in [1.54, 1.807) is 0 Å². The fraction of sp³-hybridized carbons (Fsp3) is 0.462. The van der Waals surface area contributed by atoms with E-state index in [9.17, 15) is 4.79 Å². The summed E-state index contributed by atoms with van der Waals surface area (Å²) in [6, 6.07) is 6.17. The number of hydrogen-bond donors (Lipinski definition) is 0. The number of nitrogens with zero attached hydrogens (tertiary/aromatic N) is 1. The van der Waals surface area contributed by atoms with E-state index in [1.165, 1.54) is 11.3 Å². The van der Waals surface area contributed by atoms with Crippen LogP contribution in [0.1, 0.15) is 35.2 Å². The highest BCUT2D eigenvalue weighted by atomic mass is 16.1. The van der Waals surface area contributed by atoms with Crippen molar-refractivity contribution in [1.82, 2.24) is 0 Å². The summed E-state index contributed by atoms with van der Waals surface area (Å²) in [5.41, 5.74) is 3.35. The Hall–Kier alpha value is -1.31. The van der Waals surface area contributed by atoms with E-state index in [0.29, 0.717) is 12.2 Å². The lowest BCUT2D eigenvalue weighted by atomic mass is 10.0. The molecule has 0 amide bonds. The van der Waals surface area contributed by atoms with Crippen LogP contribution in [0, 0.1) is 0 Å². The summed E-state index contributed by atoms with van der Waals surface area (Å²) in [7, 11) is 4.06. The first kappa shape index (κ1) is 10.2. The van der Waals surface area contributed by atoms with E-state index < -0.39 is 0 Å². The Morgan fingerprint density at radius 2 is 1.87 bits per heavy atom. The number of benzene rings is 1. The van der Waals surface area contributed by atoms with Gasteiger partial charge in [0.05, 0.1) is 0 Å². The predicted molar refractivity (Wildman–Crippen MR) is 62.7 cm³/mol. The van der Waals surface area contributed by atoms with Crippen LogP contribution >= 0.6 is 0 Å². The molecular formula is C13H17NO. The summed E-state index contributed by atoms with van der Waals surface area (Å²) in [6.45, 7) is 0. The van der Waals surface area contributed by atoms with Crippen molar-refractivity contribution in [3.8, 4) is 0 Å². The van der Waals surface area contributed by atoms with Crippen LogP contribution in [0.3, 0.4) is 0 Å². The molecule has 2 rings (SSSR count). The Morgan fingerprint density at radius 1 is 1.13 bits per heavy atom. The van der Waals surface area contributed by atoms with Gasteiger partial charge in [0.25, 0.3) is 0 Å². The largest absolute Gasteiger partial charge is 0.378 e. The maximum Gasteiger partial charge on any atom is 0.163 e. The monoisotopic (exact) mass is 203 g/mol. The molecule has 1 aromatic carbocycles. The van der Waals surface area contributed by atoms with Gasteiger partial charge in [-0.15, -0.1) is 0 Å². The summed E-state index contributed by atoms with van der Waals surface area (Å²) in [5, 5.41) is 0. The smallest absolute Gasteiger partial charge is 0.163 e. The molecule has 0 aromatic heterocycles. The van der Waals surface area contributed by atoms with Crippen LogP contribution in [0.2, 0.25) is 0 Å². The molecule has 0 atom stereocenters. The van der Waals surface area contributed by atoms with Gasteiger partial charge in [0, 0.05) is 31.8 Å². The molecule has 1 aromatic rings. The predicted octanol–water partition coefficient (Wildman–Crippen LogP) is 2.66. The van der Waals surface area contributed by atoms with E-state index in [4.69, 9.17) is 0 Å². The maximum absolute atomic E-state index is 11.8. The van der Waals surface area contributed by atoms with Crippen molar-refractivity contribution in [2.24, 2.45) is 0 Å². The average molecular weight is 203 g/mol. The minimum absolute atomic E-state index is 0.313. The molecular weight excluding hydrogens is 186 g/mol. The van der Waals surface area contributed by atoms with Gasteiger partial charge in [-0.05, 0) is 43.0 Å². The van der Waals surface area contributed by atoms with Gasteiger partial charge in [-0.25, -0.2) is 0 Å². The number of ketones is 1. The summed E-state index contributed by atoms with van der Waals surface area (Å²) in [5.74, 6) is 0.313. The fourth-order valence-electron chi connectivity index (χ4n) is 2.07. The molecule has 0 unspecified atom stereocenters. The number of hydrogen-bond acceptors (Lipinski definition) is 2. The summed E-state index contributed by atoms with van der Waals surface area (Å²) in [4.78, 5) is 13.9. The molecule has 80 valence electrons. The summed E-state index contributed by atoms with van der Waals surface area (Å²) < 4.78 is 0. The fourth-order valence-corrected chi connectivity index (χ4v) is 2.07. The number of carbonyl (C=O) groups is 1. The minimum atomic E-state index is 0.313. The molecule has 0 heterocycles. The Balaban J connectivity index is 2.42. The second kappa shape index (κ2) is 4.05. The first-order valence-corrected chi connectivity index (χ1v) is 5.52. The third-order valence-electron chi connectivity index (χ3n) is 3.01. The third-order valence-corrected chi connectivity index (χ3v) is 3.01. The number of aryl methyl sites for hydroxylation is 1. The van der Waals surface area contributed by atoms with Crippen molar-refractivity contribution >= 4 is 11.5 Å². The third kappa shape index (κ3) is 2.04. The highest BCUT2D eigenvalue weighted by Crippen LogP contribution is 2.24. The molecule has 0 N–H and O–H groups in total. The minimum Gasteiger partial charge on any atom is -0.378 e. The zero-order valence-electron chi connectivity index (χ0n) is 9.42. The van der Waals surface area contributed by atoms with Crippen molar-refractivity contribution in [2.45, 2.75) is 25.7 Å². The molecule has 15 heavy (non-hydrogen) atoms. The number of Topliss-reactive ketones (excluding diaryl/α,β-unsaturated/α-hetero) is 1. The van der Waals surface area contributed by atoms with Gasteiger partial charge in [-0.3, -0.25) is 4.79 Å². The first-order chi connectivity index (χ1) is 7.18. The van der Waals surface area contributed by atoms with Gasteiger partial charge in [0.2, 0.25) is 0 Å². The summed E-state index contributed by atoms with van der Waals surface area (Å²) >= 11 is 0. The number of rotatable bonds is 1. The SMILES string of the molecule is CN(C)c1ccc2c(c1)CCCCC2=O. The van der Waals surface area contributed by atoms with E-state index in [0.717, 1.165) is 24.8 Å². The van der Waals surface area contributed by atoms with E-state index in [1.807, 2.05) is 26.2 Å². The number of fused-ring (bicyclic) bond motifs is 1. The quantitative estimate of drug-likeness (QED) is 0.654. The second-order valence-corrected chi connectivity index (χ2v) is 4.37. The molecule has 1 aliphatic rings.